The number of nitrogens with one attached hydrogen (secondary N) is 2. The van der Waals surface area contributed by atoms with E-state index >= 15 is 0 Å². The Bertz CT molecular complexity index is 1060. The number of amides is 1. The fraction of sp³-hybridized carbons (Fsp3) is 0.0556. The second-order valence-corrected chi connectivity index (χ2v) is 5.64. The lowest BCUT2D eigenvalue weighted by Crippen LogP contribution is -2.16. The molecule has 0 unspecified atom stereocenters. The van der Waals surface area contributed by atoms with Crippen LogP contribution < -0.4 is 10.7 Å². The summed E-state index contributed by atoms with van der Waals surface area (Å²) in [6.07, 6.45) is -0.0179. The van der Waals surface area contributed by atoms with E-state index in [9.17, 15) is 22.8 Å². The van der Waals surface area contributed by atoms with Crippen LogP contribution >= 0.6 is 0 Å². The number of carboxylic acid groups (broad SMARTS) is 1. The van der Waals surface area contributed by atoms with Crippen LogP contribution in [0.2, 0.25) is 0 Å². The van der Waals surface area contributed by atoms with E-state index in [2.05, 4.69) is 15.5 Å². The molecule has 9 heteroatoms. The average molecular weight is 375 g/mol. The first-order chi connectivity index (χ1) is 12.8. The van der Waals surface area contributed by atoms with E-state index in [1.807, 2.05) is 0 Å². The van der Waals surface area contributed by atoms with Crippen molar-refractivity contribution >= 4 is 11.8 Å². The number of halogens is 3. The standard InChI is InChI=1S/C18H12F3N3O3/c19-13-6-10(7-14(20)16(13)21)12-8-22-24-15(17(12)25)5-9-2-1-3-11(4-9)23-18(26)27/h1-4,6-8,23H,5H2,(H,22,25)(H,26,27). The minimum atomic E-state index is -1.62. The SMILES string of the molecule is O=C(O)Nc1cccc(Cc2n[nH]cc(-c3cc(F)c(F)c(F)c3)c2=O)c1. The van der Waals surface area contributed by atoms with Crippen LogP contribution in [0.4, 0.5) is 23.7 Å². The van der Waals surface area contributed by atoms with E-state index in [-0.39, 0.29) is 23.2 Å². The summed E-state index contributed by atoms with van der Waals surface area (Å²) in [6.45, 7) is 0. The first kappa shape index (κ1) is 18.2. The predicted molar refractivity (Wildman–Crippen MR) is 91.1 cm³/mol. The molecule has 0 fully saturated rings. The van der Waals surface area contributed by atoms with Gasteiger partial charge in [-0.2, -0.15) is 5.10 Å². The Hall–Kier alpha value is -3.62. The Morgan fingerprint density at radius 1 is 1.15 bits per heavy atom. The molecule has 2 aromatic carbocycles. The van der Waals surface area contributed by atoms with Crippen LogP contribution in [0.25, 0.3) is 11.1 Å². The van der Waals surface area contributed by atoms with Crippen LogP contribution in [0.15, 0.2) is 47.4 Å². The van der Waals surface area contributed by atoms with Crippen molar-refractivity contribution < 1.29 is 23.1 Å². The number of hydrogen-bond donors (Lipinski definition) is 3. The summed E-state index contributed by atoms with van der Waals surface area (Å²) in [5.74, 6) is -4.43. The smallest absolute Gasteiger partial charge is 0.409 e. The highest BCUT2D eigenvalue weighted by atomic mass is 19.2. The summed E-state index contributed by atoms with van der Waals surface area (Å²) in [5.41, 5.74) is 0.166. The summed E-state index contributed by atoms with van der Waals surface area (Å²) < 4.78 is 40.0. The van der Waals surface area contributed by atoms with Gasteiger partial charge in [0.05, 0.1) is 0 Å². The lowest BCUT2D eigenvalue weighted by Gasteiger charge is -2.07. The molecule has 0 aliphatic rings. The lowest BCUT2D eigenvalue weighted by atomic mass is 10.0. The molecule has 3 rings (SSSR count). The third kappa shape index (κ3) is 3.97. The maximum Gasteiger partial charge on any atom is 0.409 e. The number of anilines is 1. The minimum Gasteiger partial charge on any atom is -0.465 e. The number of H-pyrrole nitrogens is 1. The van der Waals surface area contributed by atoms with Crippen molar-refractivity contribution in [2.75, 3.05) is 5.32 Å². The second kappa shape index (κ2) is 7.32. The van der Waals surface area contributed by atoms with Gasteiger partial charge in [0.2, 0.25) is 5.43 Å². The molecule has 138 valence electrons. The molecule has 3 N–H and O–H groups in total. The highest BCUT2D eigenvalue weighted by molar-refractivity contribution is 5.82. The van der Waals surface area contributed by atoms with Gasteiger partial charge in [-0.05, 0) is 35.4 Å². The number of nitrogens with zero attached hydrogens (tertiary/aromatic N) is 1. The summed E-state index contributed by atoms with van der Waals surface area (Å²) >= 11 is 0. The highest BCUT2D eigenvalue weighted by Crippen LogP contribution is 2.21. The van der Waals surface area contributed by atoms with Crippen molar-refractivity contribution in [3.63, 3.8) is 0 Å². The Balaban J connectivity index is 1.97. The zero-order chi connectivity index (χ0) is 19.6. The quantitative estimate of drug-likeness (QED) is 0.608. The number of carbonyl (C=O) groups is 1. The zero-order valence-electron chi connectivity index (χ0n) is 13.6. The molecule has 0 aliphatic heterocycles. The first-order valence-electron chi connectivity index (χ1n) is 7.66. The molecule has 27 heavy (non-hydrogen) atoms. The molecule has 6 nitrogen and oxygen atoms in total. The molecule has 0 saturated heterocycles. The van der Waals surface area contributed by atoms with Gasteiger partial charge >= 0.3 is 6.09 Å². The van der Waals surface area contributed by atoms with E-state index in [1.165, 1.54) is 18.3 Å². The summed E-state index contributed by atoms with van der Waals surface area (Å²) in [5, 5.41) is 17.3. The molecule has 0 radical (unpaired) electrons. The number of benzene rings is 2. The minimum absolute atomic E-state index is 0.0461. The van der Waals surface area contributed by atoms with Crippen molar-refractivity contribution in [2.24, 2.45) is 0 Å². The van der Waals surface area contributed by atoms with Crippen LogP contribution in [-0.2, 0) is 6.42 Å². The fourth-order valence-electron chi connectivity index (χ4n) is 2.57. The molecule has 0 atom stereocenters. The maximum absolute atomic E-state index is 13.5. The number of aromatic nitrogens is 2. The molecule has 0 spiro atoms. The van der Waals surface area contributed by atoms with Gasteiger partial charge < -0.3 is 5.11 Å². The van der Waals surface area contributed by atoms with Gasteiger partial charge in [-0.3, -0.25) is 15.2 Å². The molecule has 0 saturated carbocycles. The molecular formula is C18H12F3N3O3. The van der Waals surface area contributed by atoms with Crippen LogP contribution in [0.3, 0.4) is 0 Å². The Morgan fingerprint density at radius 3 is 2.52 bits per heavy atom. The molecule has 1 aromatic heterocycles. The number of hydrogen-bond acceptors (Lipinski definition) is 3. The van der Waals surface area contributed by atoms with Gasteiger partial charge in [0.1, 0.15) is 5.69 Å². The van der Waals surface area contributed by atoms with Gasteiger partial charge in [0.15, 0.2) is 17.5 Å². The zero-order valence-corrected chi connectivity index (χ0v) is 13.6. The van der Waals surface area contributed by atoms with Gasteiger partial charge in [-0.25, -0.2) is 18.0 Å². The number of rotatable bonds is 4. The van der Waals surface area contributed by atoms with Gasteiger partial charge in [0, 0.05) is 23.9 Å². The van der Waals surface area contributed by atoms with Crippen molar-refractivity contribution in [3.05, 3.63) is 81.5 Å². The largest absolute Gasteiger partial charge is 0.465 e. The van der Waals surface area contributed by atoms with Crippen LogP contribution in [0, 0.1) is 17.5 Å². The average Bonchev–Trinajstić information content (AvgIpc) is 2.61. The maximum atomic E-state index is 13.5. The summed E-state index contributed by atoms with van der Waals surface area (Å²) in [4.78, 5) is 23.3. The Labute approximate surface area is 150 Å². The Kier molecular flexibility index (Phi) is 4.93. The third-order valence-corrected chi connectivity index (χ3v) is 3.76. The van der Waals surface area contributed by atoms with Crippen LogP contribution in [0.5, 0.6) is 0 Å². The fourth-order valence-corrected chi connectivity index (χ4v) is 2.57. The lowest BCUT2D eigenvalue weighted by molar-refractivity contribution is 0.209. The van der Waals surface area contributed by atoms with E-state index < -0.39 is 29.0 Å². The summed E-state index contributed by atoms with van der Waals surface area (Å²) in [6, 6.07) is 7.78. The van der Waals surface area contributed by atoms with Gasteiger partial charge in [-0.1, -0.05) is 12.1 Å². The van der Waals surface area contributed by atoms with Crippen LogP contribution in [0.1, 0.15) is 11.3 Å². The molecule has 1 amide bonds. The van der Waals surface area contributed by atoms with Gasteiger partial charge in [0.25, 0.3) is 0 Å². The molecule has 1 heterocycles. The van der Waals surface area contributed by atoms with Crippen molar-refractivity contribution in [1.82, 2.24) is 10.2 Å². The topological polar surface area (TPSA) is 95.1 Å². The van der Waals surface area contributed by atoms with Gasteiger partial charge in [-0.15, -0.1) is 0 Å². The van der Waals surface area contributed by atoms with E-state index in [1.54, 1.807) is 12.1 Å². The van der Waals surface area contributed by atoms with E-state index in [0.29, 0.717) is 11.3 Å². The highest BCUT2D eigenvalue weighted by Gasteiger charge is 2.15. The third-order valence-electron chi connectivity index (χ3n) is 3.76. The van der Waals surface area contributed by atoms with E-state index in [0.717, 1.165) is 12.1 Å². The predicted octanol–water partition coefficient (Wildman–Crippen LogP) is 3.53. The monoisotopic (exact) mass is 375 g/mol. The molecule has 3 aromatic rings. The van der Waals surface area contributed by atoms with Crippen molar-refractivity contribution in [2.45, 2.75) is 6.42 Å². The first-order valence-corrected chi connectivity index (χ1v) is 7.66. The summed E-state index contributed by atoms with van der Waals surface area (Å²) in [7, 11) is 0. The van der Waals surface area contributed by atoms with Crippen molar-refractivity contribution in [1.29, 1.82) is 0 Å². The molecular weight excluding hydrogens is 363 g/mol. The number of aromatic amines is 1. The Morgan fingerprint density at radius 2 is 1.85 bits per heavy atom. The molecule has 0 aliphatic carbocycles. The van der Waals surface area contributed by atoms with Crippen molar-refractivity contribution in [3.8, 4) is 11.1 Å². The normalized spacial score (nSPS) is 10.6. The second-order valence-electron chi connectivity index (χ2n) is 5.64. The molecule has 0 bridgehead atoms. The van der Waals surface area contributed by atoms with Crippen LogP contribution in [-0.4, -0.2) is 21.4 Å². The van der Waals surface area contributed by atoms with E-state index in [4.69, 9.17) is 5.11 Å².